The number of ether oxygens (including phenoxy) is 1. The zero-order valence-electron chi connectivity index (χ0n) is 17.0. The van der Waals surface area contributed by atoms with E-state index in [0.717, 1.165) is 0 Å². The van der Waals surface area contributed by atoms with Crippen LogP contribution in [0.25, 0.3) is 0 Å². The highest BCUT2D eigenvalue weighted by molar-refractivity contribution is 6.74. The van der Waals surface area contributed by atoms with E-state index in [2.05, 4.69) is 44.5 Å². The number of carbonyl (C=O) groups is 3. The van der Waals surface area contributed by atoms with Gasteiger partial charge in [-0.05, 0) is 45.8 Å². The lowest BCUT2D eigenvalue weighted by molar-refractivity contribution is -0.126. The molecule has 0 aromatic heterocycles. The van der Waals surface area contributed by atoms with Crippen molar-refractivity contribution in [2.45, 2.75) is 84.3 Å². The number of aldehydes is 1. The van der Waals surface area contributed by atoms with Crippen molar-refractivity contribution in [1.29, 1.82) is 0 Å². The lowest BCUT2D eigenvalue weighted by Gasteiger charge is -2.40. The Morgan fingerprint density at radius 3 is 2.04 bits per heavy atom. The van der Waals surface area contributed by atoms with Crippen LogP contribution < -0.4 is 10.6 Å². The standard InChI is InChI=1S/C17H34N2O5Si/c1-12(24-25(8,9)17(5,6)7)13(14(21)18-10-11-20)19-15(22)23-16(2,3)4/h11-13H,10H2,1-9H3,(H,18,21)(H,19,22)/t12-,13+/m1/s1. The number of nitrogens with one attached hydrogen (secondary N) is 2. The van der Waals surface area contributed by atoms with Crippen molar-refractivity contribution in [2.24, 2.45) is 0 Å². The zero-order chi connectivity index (χ0) is 20.1. The van der Waals surface area contributed by atoms with Gasteiger partial charge in [0.15, 0.2) is 8.32 Å². The van der Waals surface area contributed by atoms with E-state index < -0.39 is 38.1 Å². The maximum absolute atomic E-state index is 12.4. The van der Waals surface area contributed by atoms with Gasteiger partial charge in [-0.3, -0.25) is 4.79 Å². The van der Waals surface area contributed by atoms with Gasteiger partial charge in [-0.15, -0.1) is 0 Å². The van der Waals surface area contributed by atoms with E-state index in [1.54, 1.807) is 27.7 Å². The van der Waals surface area contributed by atoms with Gasteiger partial charge < -0.3 is 24.6 Å². The zero-order valence-corrected chi connectivity index (χ0v) is 18.0. The normalized spacial score (nSPS) is 15.1. The van der Waals surface area contributed by atoms with Crippen molar-refractivity contribution in [3.63, 3.8) is 0 Å². The molecule has 7 nitrogen and oxygen atoms in total. The second-order valence-corrected chi connectivity index (χ2v) is 13.4. The minimum atomic E-state index is -2.15. The summed E-state index contributed by atoms with van der Waals surface area (Å²) in [6, 6.07) is -0.955. The van der Waals surface area contributed by atoms with Crippen molar-refractivity contribution in [3.05, 3.63) is 0 Å². The molecule has 0 bridgehead atoms. The Morgan fingerprint density at radius 2 is 1.64 bits per heavy atom. The Bertz CT molecular complexity index is 480. The van der Waals surface area contributed by atoms with Gasteiger partial charge in [0.25, 0.3) is 0 Å². The summed E-state index contributed by atoms with van der Waals surface area (Å²) in [7, 11) is -2.15. The third kappa shape index (κ3) is 8.49. The van der Waals surface area contributed by atoms with Gasteiger partial charge in [0.2, 0.25) is 5.91 Å². The fraction of sp³-hybridized carbons (Fsp3) is 0.824. The molecule has 0 radical (unpaired) electrons. The largest absolute Gasteiger partial charge is 0.444 e. The summed E-state index contributed by atoms with van der Waals surface area (Å²) in [5.41, 5.74) is -0.683. The van der Waals surface area contributed by atoms with Gasteiger partial charge in [-0.1, -0.05) is 20.8 Å². The first-order valence-electron chi connectivity index (χ1n) is 8.49. The van der Waals surface area contributed by atoms with Crippen LogP contribution in [0.1, 0.15) is 48.5 Å². The molecule has 8 heteroatoms. The maximum Gasteiger partial charge on any atom is 0.408 e. The molecule has 2 amide bonds. The smallest absolute Gasteiger partial charge is 0.408 e. The lowest BCUT2D eigenvalue weighted by Crippen LogP contribution is -2.57. The minimum absolute atomic E-state index is 0.0446. The Hall–Kier alpha value is -1.41. The SMILES string of the molecule is C[C@@H](O[Si](C)(C)C(C)(C)C)[C@H](NC(=O)OC(C)(C)C)C(=O)NCC=O. The van der Waals surface area contributed by atoms with E-state index >= 15 is 0 Å². The van der Waals surface area contributed by atoms with Gasteiger partial charge in [0.05, 0.1) is 12.6 Å². The average Bonchev–Trinajstić information content (AvgIpc) is 2.38. The van der Waals surface area contributed by atoms with Crippen molar-refractivity contribution in [2.75, 3.05) is 6.54 Å². The number of hydrogen-bond acceptors (Lipinski definition) is 5. The summed E-state index contributed by atoms with van der Waals surface area (Å²) >= 11 is 0. The molecule has 0 heterocycles. The van der Waals surface area contributed by atoms with Crippen molar-refractivity contribution >= 4 is 26.6 Å². The van der Waals surface area contributed by atoms with Crippen LogP contribution in [0.2, 0.25) is 18.1 Å². The van der Waals surface area contributed by atoms with Gasteiger partial charge in [-0.25, -0.2) is 4.79 Å². The van der Waals surface area contributed by atoms with Crippen LogP contribution in [0.3, 0.4) is 0 Å². The van der Waals surface area contributed by atoms with Crippen LogP contribution in [0.4, 0.5) is 4.79 Å². The Morgan fingerprint density at radius 1 is 1.12 bits per heavy atom. The number of hydrogen-bond donors (Lipinski definition) is 2. The van der Waals surface area contributed by atoms with E-state index in [1.165, 1.54) is 0 Å². The van der Waals surface area contributed by atoms with E-state index in [9.17, 15) is 14.4 Å². The van der Waals surface area contributed by atoms with Crippen LogP contribution in [-0.2, 0) is 18.8 Å². The molecule has 0 fully saturated rings. The Balaban J connectivity index is 5.27. The maximum atomic E-state index is 12.4. The number of carbonyl (C=O) groups excluding carboxylic acids is 3. The van der Waals surface area contributed by atoms with Crippen molar-refractivity contribution in [3.8, 4) is 0 Å². The fourth-order valence-corrected chi connectivity index (χ4v) is 3.21. The number of alkyl carbamates (subject to hydrolysis) is 1. The molecule has 0 aromatic rings. The van der Waals surface area contributed by atoms with Gasteiger partial charge in [0, 0.05) is 0 Å². The first kappa shape index (κ1) is 23.6. The summed E-state index contributed by atoms with van der Waals surface area (Å²) in [4.78, 5) is 35.0. The molecule has 0 saturated heterocycles. The molecule has 0 aliphatic rings. The molecular formula is C17H34N2O5Si. The van der Waals surface area contributed by atoms with Crippen LogP contribution >= 0.6 is 0 Å². The molecule has 0 aliphatic carbocycles. The molecule has 2 N–H and O–H groups in total. The minimum Gasteiger partial charge on any atom is -0.444 e. The molecule has 25 heavy (non-hydrogen) atoms. The first-order chi connectivity index (χ1) is 11.1. The first-order valence-corrected chi connectivity index (χ1v) is 11.4. The summed E-state index contributed by atoms with van der Waals surface area (Å²) in [6.45, 7) is 17.2. The molecule has 146 valence electrons. The summed E-state index contributed by atoms with van der Waals surface area (Å²) in [5, 5.41) is 4.98. The van der Waals surface area contributed by atoms with E-state index in [4.69, 9.17) is 9.16 Å². The van der Waals surface area contributed by atoms with E-state index in [0.29, 0.717) is 6.29 Å². The van der Waals surface area contributed by atoms with E-state index in [-0.39, 0.29) is 11.6 Å². The fourth-order valence-electron chi connectivity index (χ4n) is 1.79. The molecule has 0 aromatic carbocycles. The third-order valence-electron chi connectivity index (χ3n) is 4.07. The van der Waals surface area contributed by atoms with Crippen molar-refractivity contribution in [1.82, 2.24) is 10.6 Å². The van der Waals surface area contributed by atoms with Crippen molar-refractivity contribution < 1.29 is 23.5 Å². The second-order valence-electron chi connectivity index (χ2n) is 8.62. The van der Waals surface area contributed by atoms with Gasteiger partial charge in [0.1, 0.15) is 17.9 Å². The molecule has 0 unspecified atom stereocenters. The number of rotatable bonds is 7. The molecule has 2 atom stereocenters. The van der Waals surface area contributed by atoms with Crippen LogP contribution in [0, 0.1) is 0 Å². The monoisotopic (exact) mass is 374 g/mol. The Labute approximate surface area is 152 Å². The molecule has 0 aliphatic heterocycles. The lowest BCUT2D eigenvalue weighted by atomic mass is 10.1. The highest BCUT2D eigenvalue weighted by Crippen LogP contribution is 2.37. The van der Waals surface area contributed by atoms with Gasteiger partial charge >= 0.3 is 6.09 Å². The molecule has 0 spiro atoms. The Kier molecular flexibility index (Phi) is 8.30. The average molecular weight is 375 g/mol. The van der Waals surface area contributed by atoms with E-state index in [1.807, 2.05) is 0 Å². The van der Waals surface area contributed by atoms with Crippen LogP contribution in [-0.4, -0.2) is 50.9 Å². The highest BCUT2D eigenvalue weighted by atomic mass is 28.4. The molecular weight excluding hydrogens is 340 g/mol. The topological polar surface area (TPSA) is 93.7 Å². The van der Waals surface area contributed by atoms with Crippen LogP contribution in [0.15, 0.2) is 0 Å². The third-order valence-corrected chi connectivity index (χ3v) is 8.64. The quantitative estimate of drug-likeness (QED) is 0.528. The predicted octanol–water partition coefficient (Wildman–Crippen LogP) is 2.61. The predicted molar refractivity (Wildman–Crippen MR) is 100.0 cm³/mol. The highest BCUT2D eigenvalue weighted by Gasteiger charge is 2.41. The summed E-state index contributed by atoms with van der Waals surface area (Å²) in [6.07, 6.45) is -0.688. The number of amides is 2. The van der Waals surface area contributed by atoms with Gasteiger partial charge in [-0.2, -0.15) is 0 Å². The van der Waals surface area contributed by atoms with Crippen LogP contribution in [0.5, 0.6) is 0 Å². The molecule has 0 rings (SSSR count). The molecule has 0 saturated carbocycles. The second kappa shape index (κ2) is 8.80. The summed E-state index contributed by atoms with van der Waals surface area (Å²) < 4.78 is 11.4. The summed E-state index contributed by atoms with van der Waals surface area (Å²) in [5.74, 6) is -0.482.